The van der Waals surface area contributed by atoms with Crippen molar-refractivity contribution in [2.75, 3.05) is 6.54 Å². The Morgan fingerprint density at radius 1 is 1.21 bits per heavy atom. The van der Waals surface area contributed by atoms with Crippen molar-refractivity contribution in [1.82, 2.24) is 15.0 Å². The molecule has 0 spiro atoms. The van der Waals surface area contributed by atoms with Crippen molar-refractivity contribution in [3.05, 3.63) is 36.2 Å². The van der Waals surface area contributed by atoms with Gasteiger partial charge in [0.2, 0.25) is 5.91 Å². The lowest BCUT2D eigenvalue weighted by Gasteiger charge is -2.24. The summed E-state index contributed by atoms with van der Waals surface area (Å²) in [6, 6.07) is 10.2. The van der Waals surface area contributed by atoms with Crippen molar-refractivity contribution in [2.45, 2.75) is 51.0 Å². The highest BCUT2D eigenvalue weighted by Crippen LogP contribution is 2.34. The number of rotatable bonds is 6. The molecule has 2 aromatic rings. The van der Waals surface area contributed by atoms with Crippen LogP contribution in [-0.4, -0.2) is 33.5 Å². The van der Waals surface area contributed by atoms with E-state index in [0.29, 0.717) is 23.8 Å². The van der Waals surface area contributed by atoms with E-state index >= 15 is 0 Å². The van der Waals surface area contributed by atoms with Crippen LogP contribution < -0.4 is 0 Å². The fourth-order valence-electron chi connectivity index (χ4n) is 3.50. The van der Waals surface area contributed by atoms with Crippen molar-refractivity contribution in [3.63, 3.8) is 0 Å². The Hall–Kier alpha value is -2.17. The van der Waals surface area contributed by atoms with Crippen molar-refractivity contribution in [2.24, 2.45) is 5.92 Å². The summed E-state index contributed by atoms with van der Waals surface area (Å²) >= 11 is 0. The molecule has 4 rings (SSSR count). The number of hydrogen-bond donors (Lipinski definition) is 0. The number of hydrogen-bond acceptors (Lipinski definition) is 4. The fourth-order valence-corrected chi connectivity index (χ4v) is 3.50. The van der Waals surface area contributed by atoms with Gasteiger partial charge in [0.15, 0.2) is 5.82 Å². The molecule has 1 aliphatic carbocycles. The summed E-state index contributed by atoms with van der Waals surface area (Å²) in [6.45, 7) is 0.914. The van der Waals surface area contributed by atoms with Gasteiger partial charge >= 0.3 is 0 Å². The average Bonchev–Trinajstić information content (AvgIpc) is 3.12. The highest BCUT2D eigenvalue weighted by atomic mass is 16.5. The molecule has 24 heavy (non-hydrogen) atoms. The zero-order chi connectivity index (χ0) is 16.4. The summed E-state index contributed by atoms with van der Waals surface area (Å²) < 4.78 is 5.36. The monoisotopic (exact) mass is 325 g/mol. The van der Waals surface area contributed by atoms with Crippen LogP contribution in [0.5, 0.6) is 0 Å². The molecule has 1 aromatic carbocycles. The van der Waals surface area contributed by atoms with E-state index in [0.717, 1.165) is 50.0 Å². The van der Waals surface area contributed by atoms with E-state index in [1.165, 1.54) is 12.8 Å². The van der Waals surface area contributed by atoms with Crippen molar-refractivity contribution >= 4 is 5.91 Å². The van der Waals surface area contributed by atoms with Gasteiger partial charge in [-0.05, 0) is 50.2 Å². The minimum Gasteiger partial charge on any atom is -0.340 e. The zero-order valence-electron chi connectivity index (χ0n) is 13.9. The smallest absolute Gasteiger partial charge is 0.257 e. The van der Waals surface area contributed by atoms with Crippen LogP contribution in [0.4, 0.5) is 0 Å². The van der Waals surface area contributed by atoms with E-state index < -0.39 is 0 Å². The van der Waals surface area contributed by atoms with Gasteiger partial charge < -0.3 is 9.42 Å². The molecule has 1 unspecified atom stereocenters. The third-order valence-electron chi connectivity index (χ3n) is 5.05. The lowest BCUT2D eigenvalue weighted by atomic mass is 10.1. The van der Waals surface area contributed by atoms with E-state index in [-0.39, 0.29) is 0 Å². The lowest BCUT2D eigenvalue weighted by molar-refractivity contribution is -0.132. The predicted molar refractivity (Wildman–Crippen MR) is 90.1 cm³/mol. The van der Waals surface area contributed by atoms with Crippen molar-refractivity contribution < 1.29 is 9.32 Å². The highest BCUT2D eigenvalue weighted by molar-refractivity contribution is 5.77. The van der Waals surface area contributed by atoms with Crippen LogP contribution in [0.3, 0.4) is 0 Å². The molecule has 0 radical (unpaired) electrons. The molecule has 2 aliphatic rings. The van der Waals surface area contributed by atoms with Crippen LogP contribution in [0.15, 0.2) is 34.9 Å². The SMILES string of the molecule is O=C(CC1CC1)N1CCCC1CCc1noc(-c2ccccc2)n1. The van der Waals surface area contributed by atoms with Gasteiger partial charge in [-0.1, -0.05) is 23.4 Å². The van der Waals surface area contributed by atoms with Crippen LogP contribution >= 0.6 is 0 Å². The molecular weight excluding hydrogens is 302 g/mol. The summed E-state index contributed by atoms with van der Waals surface area (Å²) in [4.78, 5) is 19.0. The molecule has 1 saturated carbocycles. The molecule has 2 fully saturated rings. The number of carbonyl (C=O) groups is 1. The molecule has 0 bridgehead atoms. The molecule has 0 N–H and O–H groups in total. The van der Waals surface area contributed by atoms with Crippen LogP contribution in [0, 0.1) is 5.92 Å². The maximum Gasteiger partial charge on any atom is 0.257 e. The molecule has 1 saturated heterocycles. The maximum atomic E-state index is 12.4. The largest absolute Gasteiger partial charge is 0.340 e. The van der Waals surface area contributed by atoms with Crippen LogP contribution in [0.2, 0.25) is 0 Å². The number of aryl methyl sites for hydroxylation is 1. The van der Waals surface area contributed by atoms with E-state index in [2.05, 4.69) is 15.0 Å². The van der Waals surface area contributed by atoms with Gasteiger partial charge in [-0.2, -0.15) is 4.98 Å². The zero-order valence-corrected chi connectivity index (χ0v) is 13.9. The second-order valence-corrected chi connectivity index (χ2v) is 6.95. The van der Waals surface area contributed by atoms with Crippen LogP contribution in [-0.2, 0) is 11.2 Å². The first-order valence-electron chi connectivity index (χ1n) is 8.97. The Bertz CT molecular complexity index is 694. The van der Waals surface area contributed by atoms with E-state index in [9.17, 15) is 4.79 Å². The Morgan fingerprint density at radius 3 is 2.83 bits per heavy atom. The van der Waals surface area contributed by atoms with Crippen LogP contribution in [0.25, 0.3) is 11.5 Å². The molecule has 5 nitrogen and oxygen atoms in total. The number of carbonyl (C=O) groups excluding carboxylic acids is 1. The summed E-state index contributed by atoms with van der Waals surface area (Å²) in [5, 5.41) is 4.09. The van der Waals surface area contributed by atoms with Crippen molar-refractivity contribution in [3.8, 4) is 11.5 Å². The third-order valence-corrected chi connectivity index (χ3v) is 5.05. The number of nitrogens with zero attached hydrogens (tertiary/aromatic N) is 3. The van der Waals surface area contributed by atoms with Gasteiger partial charge in [0.25, 0.3) is 5.89 Å². The summed E-state index contributed by atoms with van der Waals surface area (Å²) in [7, 11) is 0. The molecule has 126 valence electrons. The number of likely N-dealkylation sites (tertiary alicyclic amines) is 1. The topological polar surface area (TPSA) is 59.2 Å². The molecule has 2 heterocycles. The van der Waals surface area contributed by atoms with E-state index in [4.69, 9.17) is 4.52 Å². The first kappa shape index (κ1) is 15.4. The predicted octanol–water partition coefficient (Wildman–Crippen LogP) is 3.46. The molecule has 5 heteroatoms. The van der Waals surface area contributed by atoms with Gasteiger partial charge in [-0.25, -0.2) is 0 Å². The molecule has 1 aliphatic heterocycles. The lowest BCUT2D eigenvalue weighted by Crippen LogP contribution is -2.36. The Morgan fingerprint density at radius 2 is 2.04 bits per heavy atom. The first-order valence-corrected chi connectivity index (χ1v) is 8.97. The first-order chi connectivity index (χ1) is 11.8. The van der Waals surface area contributed by atoms with Gasteiger partial charge in [0.05, 0.1) is 0 Å². The highest BCUT2D eigenvalue weighted by Gasteiger charge is 2.32. The summed E-state index contributed by atoms with van der Waals surface area (Å²) in [5.41, 5.74) is 0.943. The van der Waals surface area contributed by atoms with E-state index in [1.54, 1.807) is 0 Å². The number of amides is 1. The maximum absolute atomic E-state index is 12.4. The average molecular weight is 325 g/mol. The third kappa shape index (κ3) is 3.50. The minimum absolute atomic E-state index is 0.343. The Balaban J connectivity index is 1.34. The Kier molecular flexibility index (Phi) is 4.32. The van der Waals surface area contributed by atoms with Gasteiger partial charge in [-0.15, -0.1) is 0 Å². The molecule has 1 amide bonds. The second-order valence-electron chi connectivity index (χ2n) is 6.95. The van der Waals surface area contributed by atoms with Gasteiger partial charge in [0, 0.05) is 31.0 Å². The Labute approximate surface area is 142 Å². The fraction of sp³-hybridized carbons (Fsp3) is 0.526. The standard InChI is InChI=1S/C19H23N3O2/c23-18(13-14-8-9-14)22-12-4-7-16(22)10-11-17-20-19(24-21-17)15-5-2-1-3-6-15/h1-3,5-6,14,16H,4,7-13H2. The van der Waals surface area contributed by atoms with Gasteiger partial charge in [0.1, 0.15) is 0 Å². The van der Waals surface area contributed by atoms with Crippen LogP contribution in [0.1, 0.15) is 44.3 Å². The van der Waals surface area contributed by atoms with E-state index in [1.807, 2.05) is 30.3 Å². The molecular formula is C19H23N3O2. The normalized spacial score (nSPS) is 20.5. The number of benzene rings is 1. The molecule has 1 aromatic heterocycles. The van der Waals surface area contributed by atoms with Crippen molar-refractivity contribution in [1.29, 1.82) is 0 Å². The molecule has 1 atom stereocenters. The quantitative estimate of drug-likeness (QED) is 0.816. The number of aromatic nitrogens is 2. The van der Waals surface area contributed by atoms with Gasteiger partial charge in [-0.3, -0.25) is 4.79 Å². The second kappa shape index (κ2) is 6.75. The summed E-state index contributed by atoms with van der Waals surface area (Å²) in [5.74, 6) is 2.30. The summed E-state index contributed by atoms with van der Waals surface area (Å²) in [6.07, 6.45) is 7.10. The minimum atomic E-state index is 0.343.